The number of anilines is 1. The van der Waals surface area contributed by atoms with E-state index < -0.39 is 11.6 Å². The van der Waals surface area contributed by atoms with Gasteiger partial charge in [-0.15, -0.1) is 0 Å². The van der Waals surface area contributed by atoms with Crippen LogP contribution < -0.4 is 10.6 Å². The second-order valence-corrected chi connectivity index (χ2v) is 5.80. The molecule has 0 aliphatic rings. The van der Waals surface area contributed by atoms with Crippen LogP contribution >= 0.6 is 0 Å². The first-order chi connectivity index (χ1) is 11.5. The Morgan fingerprint density at radius 1 is 1.38 bits per heavy atom. The van der Waals surface area contributed by atoms with E-state index in [0.717, 1.165) is 0 Å². The van der Waals surface area contributed by atoms with Crippen molar-refractivity contribution in [3.8, 4) is 5.69 Å². The van der Waals surface area contributed by atoms with Gasteiger partial charge < -0.3 is 25.0 Å². The maximum atomic E-state index is 13.9. The summed E-state index contributed by atoms with van der Waals surface area (Å²) in [5.74, 6) is -0.387. The van der Waals surface area contributed by atoms with Gasteiger partial charge in [0.05, 0.1) is 17.8 Å². The second kappa shape index (κ2) is 7.94. The molecule has 6 nitrogen and oxygen atoms in total. The van der Waals surface area contributed by atoms with Gasteiger partial charge in [-0.2, -0.15) is 0 Å². The molecule has 1 aromatic carbocycles. The molecule has 1 aromatic heterocycles. The number of aromatic nitrogens is 1. The molecule has 0 radical (unpaired) electrons. The summed E-state index contributed by atoms with van der Waals surface area (Å²) in [4.78, 5) is 12.2. The molecule has 130 valence electrons. The summed E-state index contributed by atoms with van der Waals surface area (Å²) in [5.41, 5.74) is 0.103. The average molecular weight is 335 g/mol. The van der Waals surface area contributed by atoms with Crippen LogP contribution in [0.5, 0.6) is 0 Å². The zero-order valence-electron chi connectivity index (χ0n) is 13.8. The number of hydrogen-bond acceptors (Lipinski definition) is 3. The first-order valence-electron chi connectivity index (χ1n) is 7.59. The molecular formula is C17H22FN3O3. The summed E-state index contributed by atoms with van der Waals surface area (Å²) in [7, 11) is 1.53. The van der Waals surface area contributed by atoms with Crippen LogP contribution in [0, 0.1) is 5.82 Å². The van der Waals surface area contributed by atoms with Gasteiger partial charge in [0.25, 0.3) is 0 Å². The maximum absolute atomic E-state index is 13.9. The Labute approximate surface area is 140 Å². The number of benzene rings is 1. The van der Waals surface area contributed by atoms with Gasteiger partial charge in [0.15, 0.2) is 0 Å². The van der Waals surface area contributed by atoms with Crippen molar-refractivity contribution < 1.29 is 19.0 Å². The van der Waals surface area contributed by atoms with E-state index in [2.05, 4.69) is 10.6 Å². The third kappa shape index (κ3) is 4.56. The highest BCUT2D eigenvalue weighted by Gasteiger charge is 2.26. The highest BCUT2D eigenvalue weighted by atomic mass is 19.1. The first kappa shape index (κ1) is 18.0. The van der Waals surface area contributed by atoms with Crippen molar-refractivity contribution in [1.29, 1.82) is 0 Å². The molecule has 0 spiro atoms. The minimum atomic E-state index is -0.698. The van der Waals surface area contributed by atoms with Crippen molar-refractivity contribution in [2.75, 3.05) is 25.6 Å². The van der Waals surface area contributed by atoms with Gasteiger partial charge in [-0.3, -0.25) is 0 Å². The van der Waals surface area contributed by atoms with Crippen molar-refractivity contribution >= 4 is 11.7 Å². The summed E-state index contributed by atoms with van der Waals surface area (Å²) in [6.07, 6.45) is 3.80. The molecule has 0 aliphatic carbocycles. The van der Waals surface area contributed by atoms with Crippen LogP contribution in [-0.2, 0) is 4.74 Å². The fourth-order valence-electron chi connectivity index (χ4n) is 2.46. The Morgan fingerprint density at radius 2 is 2.08 bits per heavy atom. The molecule has 2 rings (SSSR count). The molecule has 7 heteroatoms. The number of aliphatic hydroxyl groups excluding tert-OH is 1. The van der Waals surface area contributed by atoms with Gasteiger partial charge in [0.2, 0.25) is 0 Å². The monoisotopic (exact) mass is 335 g/mol. The number of urea groups is 1. The number of methoxy groups -OCH3 is 1. The van der Waals surface area contributed by atoms with Gasteiger partial charge >= 0.3 is 6.03 Å². The summed E-state index contributed by atoms with van der Waals surface area (Å²) >= 11 is 0. The van der Waals surface area contributed by atoms with Crippen LogP contribution in [0.4, 0.5) is 14.9 Å². The lowest BCUT2D eigenvalue weighted by Gasteiger charge is -2.29. The Balaban J connectivity index is 2.10. The van der Waals surface area contributed by atoms with E-state index in [1.165, 1.54) is 19.2 Å². The van der Waals surface area contributed by atoms with Crippen LogP contribution in [0.15, 0.2) is 42.7 Å². The highest BCUT2D eigenvalue weighted by molar-refractivity contribution is 5.90. The van der Waals surface area contributed by atoms with Crippen LogP contribution in [0.3, 0.4) is 0 Å². The fraction of sp³-hybridized carbons (Fsp3) is 0.353. The zero-order valence-corrected chi connectivity index (χ0v) is 13.8. The number of carbonyl (C=O) groups is 1. The van der Waals surface area contributed by atoms with E-state index in [4.69, 9.17) is 9.84 Å². The molecular weight excluding hydrogens is 313 g/mol. The van der Waals surface area contributed by atoms with E-state index in [-0.39, 0.29) is 19.0 Å². The molecule has 1 atom stereocenters. The Bertz CT molecular complexity index is 668. The molecule has 3 N–H and O–H groups in total. The van der Waals surface area contributed by atoms with Crippen molar-refractivity contribution in [2.24, 2.45) is 0 Å². The number of nitrogens with zero attached hydrogens (tertiary/aromatic N) is 1. The van der Waals surface area contributed by atoms with Crippen LogP contribution in [0.2, 0.25) is 0 Å². The lowest BCUT2D eigenvalue weighted by molar-refractivity contribution is 0.104. The third-order valence-corrected chi connectivity index (χ3v) is 3.63. The lowest BCUT2D eigenvalue weighted by atomic mass is 10.00. The predicted octanol–water partition coefficient (Wildman–Crippen LogP) is 2.53. The zero-order chi connectivity index (χ0) is 17.6. The largest absolute Gasteiger partial charge is 0.396 e. The first-order valence-corrected chi connectivity index (χ1v) is 7.59. The molecule has 2 aromatic rings. The normalized spacial score (nSPS) is 13.3. The van der Waals surface area contributed by atoms with Crippen molar-refractivity contribution in [3.63, 3.8) is 0 Å². The van der Waals surface area contributed by atoms with E-state index >= 15 is 0 Å². The summed E-state index contributed by atoms with van der Waals surface area (Å²) in [5, 5.41) is 14.6. The quantitative estimate of drug-likeness (QED) is 0.728. The van der Waals surface area contributed by atoms with Gasteiger partial charge in [0.1, 0.15) is 5.82 Å². The third-order valence-electron chi connectivity index (χ3n) is 3.63. The summed E-state index contributed by atoms with van der Waals surface area (Å²) < 4.78 is 20.7. The number of carbonyl (C=O) groups excluding carboxylic acids is 1. The highest BCUT2D eigenvalue weighted by Crippen LogP contribution is 2.19. The minimum Gasteiger partial charge on any atom is -0.396 e. The lowest BCUT2D eigenvalue weighted by Crippen LogP contribution is -2.51. The number of ether oxygens (including phenoxy) is 1. The predicted molar refractivity (Wildman–Crippen MR) is 89.9 cm³/mol. The van der Waals surface area contributed by atoms with Crippen LogP contribution in [0.25, 0.3) is 5.69 Å². The number of nitrogens with one attached hydrogen (secondary N) is 2. The number of hydrogen-bond donors (Lipinski definition) is 3. The van der Waals surface area contributed by atoms with Gasteiger partial charge in [-0.1, -0.05) is 0 Å². The fourth-order valence-corrected chi connectivity index (χ4v) is 2.46. The van der Waals surface area contributed by atoms with Crippen LogP contribution in [0.1, 0.15) is 13.3 Å². The smallest absolute Gasteiger partial charge is 0.319 e. The van der Waals surface area contributed by atoms with E-state index in [9.17, 15) is 9.18 Å². The van der Waals surface area contributed by atoms with Crippen molar-refractivity contribution in [3.05, 3.63) is 48.5 Å². The molecule has 0 saturated carbocycles. The molecule has 0 saturated heterocycles. The van der Waals surface area contributed by atoms with Gasteiger partial charge in [-0.25, -0.2) is 9.18 Å². The Kier molecular flexibility index (Phi) is 5.94. The standard InChI is InChI=1S/C17H22FN3O3/c1-17(7-10-22,12-24-2)20-16(23)19-13-5-6-14(18)15(11-13)21-8-3-4-9-21/h3-6,8-9,11,22H,7,10,12H2,1-2H3,(H2,19,20,23). The van der Waals surface area contributed by atoms with Crippen molar-refractivity contribution in [1.82, 2.24) is 9.88 Å². The number of amides is 2. The molecule has 0 aliphatic heterocycles. The molecule has 1 heterocycles. The van der Waals surface area contributed by atoms with E-state index in [1.54, 1.807) is 42.1 Å². The van der Waals surface area contributed by atoms with Gasteiger partial charge in [0, 0.05) is 31.8 Å². The van der Waals surface area contributed by atoms with Gasteiger partial charge in [-0.05, 0) is 43.7 Å². The van der Waals surface area contributed by atoms with Crippen LogP contribution in [-0.4, -0.2) is 41.6 Å². The SMILES string of the molecule is COCC(C)(CCO)NC(=O)Nc1ccc(F)c(-n2cccc2)c1. The second-order valence-electron chi connectivity index (χ2n) is 5.80. The molecule has 0 fully saturated rings. The maximum Gasteiger partial charge on any atom is 0.319 e. The Morgan fingerprint density at radius 3 is 2.71 bits per heavy atom. The molecule has 24 heavy (non-hydrogen) atoms. The summed E-state index contributed by atoms with van der Waals surface area (Å²) in [6.45, 7) is 1.97. The average Bonchev–Trinajstić information content (AvgIpc) is 3.03. The molecule has 2 amide bonds. The topological polar surface area (TPSA) is 75.5 Å². The minimum absolute atomic E-state index is 0.0749. The summed E-state index contributed by atoms with van der Waals surface area (Å²) in [6, 6.07) is 7.46. The number of aliphatic hydroxyl groups is 1. The number of halogens is 1. The molecule has 0 bridgehead atoms. The molecule has 1 unspecified atom stereocenters. The van der Waals surface area contributed by atoms with E-state index in [1.807, 2.05) is 0 Å². The Hall–Kier alpha value is -2.38. The number of rotatable bonds is 7. The van der Waals surface area contributed by atoms with E-state index in [0.29, 0.717) is 17.8 Å². The van der Waals surface area contributed by atoms with Crippen molar-refractivity contribution in [2.45, 2.75) is 18.9 Å².